The number of carbonyl (C=O) groups is 1. The lowest BCUT2D eigenvalue weighted by molar-refractivity contribution is -0.384. The number of nitrogens with two attached hydrogens (primary N) is 1. The lowest BCUT2D eigenvalue weighted by atomic mass is 9.70. The molecule has 0 radical (unpaired) electrons. The van der Waals surface area contributed by atoms with Crippen molar-refractivity contribution in [2.75, 3.05) is 12.0 Å². The van der Waals surface area contributed by atoms with Gasteiger partial charge in [0.1, 0.15) is 5.69 Å². The Morgan fingerprint density at radius 1 is 1.50 bits per heavy atom. The zero-order valence-electron chi connectivity index (χ0n) is 11.3. The average molecular weight is 278 g/mol. The second-order valence-corrected chi connectivity index (χ2v) is 5.45. The molecule has 2 rings (SSSR count). The number of nitrogens with one attached hydrogen (secondary N) is 2. The number of carbonyl (C=O) groups excluding carboxylic acids is 1. The Hall–Kier alpha value is -2.15. The molecule has 0 unspecified atom stereocenters. The van der Waals surface area contributed by atoms with Crippen molar-refractivity contribution < 1.29 is 9.72 Å². The van der Waals surface area contributed by atoms with Crippen LogP contribution >= 0.6 is 0 Å². The van der Waals surface area contributed by atoms with E-state index in [4.69, 9.17) is 5.84 Å². The van der Waals surface area contributed by atoms with E-state index >= 15 is 0 Å². The number of hydrazine groups is 1. The zero-order valence-corrected chi connectivity index (χ0v) is 11.3. The maximum Gasteiger partial charge on any atom is 0.294 e. The van der Waals surface area contributed by atoms with E-state index in [0.717, 1.165) is 12.8 Å². The van der Waals surface area contributed by atoms with Crippen molar-refractivity contribution in [1.82, 2.24) is 5.32 Å². The van der Waals surface area contributed by atoms with Crippen molar-refractivity contribution in [2.24, 2.45) is 11.3 Å². The van der Waals surface area contributed by atoms with Gasteiger partial charge in [0.2, 0.25) is 0 Å². The minimum absolute atomic E-state index is 0.0359. The van der Waals surface area contributed by atoms with Crippen LogP contribution < -0.4 is 16.6 Å². The van der Waals surface area contributed by atoms with Crippen LogP contribution in [0.2, 0.25) is 0 Å². The van der Waals surface area contributed by atoms with Crippen molar-refractivity contribution in [1.29, 1.82) is 0 Å². The van der Waals surface area contributed by atoms with Gasteiger partial charge in [-0.2, -0.15) is 0 Å². The fraction of sp³-hybridized carbons (Fsp3) is 0.462. The number of hydrogen-bond donors (Lipinski definition) is 3. The summed E-state index contributed by atoms with van der Waals surface area (Å²) in [5.41, 5.74) is 2.40. The monoisotopic (exact) mass is 278 g/mol. The maximum absolute atomic E-state index is 12.2. The van der Waals surface area contributed by atoms with E-state index in [1.807, 2.05) is 0 Å². The van der Waals surface area contributed by atoms with Gasteiger partial charge in [-0.3, -0.25) is 20.8 Å². The first kappa shape index (κ1) is 14.3. The summed E-state index contributed by atoms with van der Waals surface area (Å²) in [6.07, 6.45) is 3.35. The molecule has 7 heteroatoms. The molecule has 1 amide bonds. The van der Waals surface area contributed by atoms with Crippen LogP contribution in [0.4, 0.5) is 11.4 Å². The van der Waals surface area contributed by atoms with Gasteiger partial charge in [-0.1, -0.05) is 19.4 Å². The number of rotatable bonds is 5. The van der Waals surface area contributed by atoms with E-state index in [1.54, 1.807) is 0 Å². The minimum atomic E-state index is -0.570. The van der Waals surface area contributed by atoms with Crippen molar-refractivity contribution in [3.05, 3.63) is 33.9 Å². The number of hydrogen-bond acceptors (Lipinski definition) is 5. The molecule has 0 saturated heterocycles. The van der Waals surface area contributed by atoms with E-state index < -0.39 is 4.92 Å². The van der Waals surface area contributed by atoms with Gasteiger partial charge in [-0.15, -0.1) is 0 Å². The first-order valence-electron chi connectivity index (χ1n) is 6.49. The molecule has 1 fully saturated rings. The highest BCUT2D eigenvalue weighted by molar-refractivity contribution is 6.01. The van der Waals surface area contributed by atoms with Gasteiger partial charge >= 0.3 is 0 Å². The Balaban J connectivity index is 2.16. The summed E-state index contributed by atoms with van der Waals surface area (Å²) in [5, 5.41) is 13.7. The third kappa shape index (κ3) is 2.72. The fourth-order valence-electron chi connectivity index (χ4n) is 2.38. The molecule has 1 aliphatic rings. The Morgan fingerprint density at radius 3 is 2.70 bits per heavy atom. The maximum atomic E-state index is 12.2. The van der Waals surface area contributed by atoms with Crippen molar-refractivity contribution in [3.8, 4) is 0 Å². The van der Waals surface area contributed by atoms with E-state index in [9.17, 15) is 14.9 Å². The number of amides is 1. The Morgan fingerprint density at radius 2 is 2.20 bits per heavy atom. The van der Waals surface area contributed by atoms with Crippen LogP contribution in [-0.2, 0) is 0 Å². The highest BCUT2D eigenvalue weighted by Gasteiger charge is 2.32. The quantitative estimate of drug-likeness (QED) is 0.432. The average Bonchev–Trinajstić information content (AvgIpc) is 2.41. The summed E-state index contributed by atoms with van der Waals surface area (Å²) in [4.78, 5) is 22.5. The Kier molecular flexibility index (Phi) is 3.89. The molecule has 0 atom stereocenters. The summed E-state index contributed by atoms with van der Waals surface area (Å²) in [7, 11) is 0. The number of nitrogen functional groups attached to an aromatic ring is 1. The van der Waals surface area contributed by atoms with Crippen LogP contribution in [0.3, 0.4) is 0 Å². The molecule has 0 aliphatic heterocycles. The third-order valence-corrected chi connectivity index (χ3v) is 3.86. The first-order chi connectivity index (χ1) is 9.47. The van der Waals surface area contributed by atoms with Crippen molar-refractivity contribution in [3.63, 3.8) is 0 Å². The molecular formula is C13H18N4O3. The topological polar surface area (TPSA) is 110 Å². The summed E-state index contributed by atoms with van der Waals surface area (Å²) >= 11 is 0. The van der Waals surface area contributed by atoms with Crippen molar-refractivity contribution >= 4 is 17.3 Å². The summed E-state index contributed by atoms with van der Waals surface area (Å²) in [5.74, 6) is 4.96. The van der Waals surface area contributed by atoms with E-state index in [0.29, 0.717) is 6.54 Å². The molecule has 1 aromatic rings. The molecule has 0 bridgehead atoms. The molecule has 7 nitrogen and oxygen atoms in total. The molecule has 1 aromatic carbocycles. The summed E-state index contributed by atoms with van der Waals surface area (Å²) in [6, 6.07) is 4.29. The predicted molar refractivity (Wildman–Crippen MR) is 75.2 cm³/mol. The largest absolute Gasteiger partial charge is 0.351 e. The van der Waals surface area contributed by atoms with E-state index in [1.165, 1.54) is 24.6 Å². The number of nitrogens with zero attached hydrogens (tertiary/aromatic N) is 1. The molecule has 0 spiro atoms. The van der Waals surface area contributed by atoms with Crippen LogP contribution in [0, 0.1) is 15.5 Å². The molecule has 20 heavy (non-hydrogen) atoms. The highest BCUT2D eigenvalue weighted by Crippen LogP contribution is 2.39. The zero-order chi connectivity index (χ0) is 14.8. The fourth-order valence-corrected chi connectivity index (χ4v) is 2.38. The second-order valence-electron chi connectivity index (χ2n) is 5.45. The predicted octanol–water partition coefficient (Wildman–Crippen LogP) is 1.80. The Bertz CT molecular complexity index is 540. The molecule has 1 aliphatic carbocycles. The van der Waals surface area contributed by atoms with Crippen LogP contribution in [0.1, 0.15) is 36.5 Å². The second kappa shape index (κ2) is 5.46. The molecule has 0 heterocycles. The standard InChI is InChI=1S/C13H18N4O3/c1-13(6-3-7-13)8-15-12(18)9-4-2-5-10(17(19)20)11(9)16-14/h2,4-5,16H,3,6-8,14H2,1H3,(H,15,18). The molecule has 0 aromatic heterocycles. The van der Waals surface area contributed by atoms with Crippen LogP contribution in [-0.4, -0.2) is 17.4 Å². The molecule has 1 saturated carbocycles. The van der Waals surface area contributed by atoms with Crippen LogP contribution in [0.15, 0.2) is 18.2 Å². The van der Waals surface area contributed by atoms with E-state index in [2.05, 4.69) is 17.7 Å². The van der Waals surface area contributed by atoms with Crippen molar-refractivity contribution in [2.45, 2.75) is 26.2 Å². The first-order valence-corrected chi connectivity index (χ1v) is 6.49. The van der Waals surface area contributed by atoms with Gasteiger partial charge in [0.15, 0.2) is 0 Å². The minimum Gasteiger partial charge on any atom is -0.351 e. The normalized spacial score (nSPS) is 16.1. The van der Waals surface area contributed by atoms with Crippen LogP contribution in [0.25, 0.3) is 0 Å². The molecule has 108 valence electrons. The number of benzene rings is 1. The Labute approximate surface area is 116 Å². The van der Waals surface area contributed by atoms with Gasteiger partial charge in [0.25, 0.3) is 11.6 Å². The van der Waals surface area contributed by atoms with Gasteiger partial charge in [0, 0.05) is 12.6 Å². The van der Waals surface area contributed by atoms with Gasteiger partial charge in [-0.25, -0.2) is 0 Å². The van der Waals surface area contributed by atoms with Crippen LogP contribution in [0.5, 0.6) is 0 Å². The van der Waals surface area contributed by atoms with Gasteiger partial charge < -0.3 is 10.7 Å². The smallest absolute Gasteiger partial charge is 0.294 e. The lowest BCUT2D eigenvalue weighted by Gasteiger charge is -2.38. The summed E-state index contributed by atoms with van der Waals surface area (Å²) in [6.45, 7) is 2.69. The van der Waals surface area contributed by atoms with Gasteiger partial charge in [-0.05, 0) is 24.3 Å². The number of para-hydroxylation sites is 1. The highest BCUT2D eigenvalue weighted by atomic mass is 16.6. The molecular weight excluding hydrogens is 260 g/mol. The third-order valence-electron chi connectivity index (χ3n) is 3.86. The number of nitro benzene ring substituents is 1. The SMILES string of the molecule is CC1(CNC(=O)c2cccc([N+](=O)[O-])c2NN)CCC1. The number of nitro groups is 1. The lowest BCUT2D eigenvalue weighted by Crippen LogP contribution is -2.40. The van der Waals surface area contributed by atoms with Gasteiger partial charge in [0.05, 0.1) is 10.5 Å². The molecule has 4 N–H and O–H groups in total. The van der Waals surface area contributed by atoms with E-state index in [-0.39, 0.29) is 28.3 Å². The summed E-state index contributed by atoms with van der Waals surface area (Å²) < 4.78 is 0. The number of anilines is 1.